The summed E-state index contributed by atoms with van der Waals surface area (Å²) in [6, 6.07) is 0. The van der Waals surface area contributed by atoms with Crippen molar-refractivity contribution in [1.82, 2.24) is 0 Å². The lowest BCUT2D eigenvalue weighted by Crippen LogP contribution is -2.63. The molecule has 0 spiro atoms. The zero-order valence-corrected chi connectivity index (χ0v) is 8.37. The van der Waals surface area contributed by atoms with E-state index in [1.54, 1.807) is 0 Å². The predicted octanol–water partition coefficient (Wildman–Crippen LogP) is -3.31. The van der Waals surface area contributed by atoms with Crippen molar-refractivity contribution in [2.75, 3.05) is 6.61 Å². The third kappa shape index (κ3) is 3.20. The van der Waals surface area contributed by atoms with Crippen molar-refractivity contribution >= 4 is 5.78 Å². The number of carbonyl (C=O) groups excluding carboxylic acids is 1. The number of carbonyl (C=O) groups is 1. The average Bonchev–Trinajstić information content (AvgIpc) is 2.24. The molecule has 15 heavy (non-hydrogen) atoms. The monoisotopic (exact) mass is 223 g/mol. The molecule has 7 heteroatoms. The molecule has 0 heterocycles. The smallest absolute Gasteiger partial charge is 0.202 e. The SMILES string of the molecule is CCC(=O)[C@](N)(O)C(O)C(O)C(O)CO. The Labute approximate surface area is 86.8 Å². The van der Waals surface area contributed by atoms with Crippen LogP contribution in [0, 0.1) is 0 Å². The Morgan fingerprint density at radius 2 is 1.87 bits per heavy atom. The first-order chi connectivity index (χ1) is 6.78. The highest BCUT2D eigenvalue weighted by Crippen LogP contribution is 2.13. The predicted molar refractivity (Wildman–Crippen MR) is 49.5 cm³/mol. The number of hydrogen-bond donors (Lipinski definition) is 6. The fourth-order valence-electron chi connectivity index (χ4n) is 1.03. The number of hydrogen-bond acceptors (Lipinski definition) is 7. The van der Waals surface area contributed by atoms with Crippen LogP contribution in [-0.4, -0.2) is 62.0 Å². The van der Waals surface area contributed by atoms with Crippen molar-refractivity contribution in [2.45, 2.75) is 37.4 Å². The van der Waals surface area contributed by atoms with Gasteiger partial charge in [0.15, 0.2) is 5.78 Å². The van der Waals surface area contributed by atoms with Crippen LogP contribution in [0.4, 0.5) is 0 Å². The topological polar surface area (TPSA) is 144 Å². The van der Waals surface area contributed by atoms with Crippen LogP contribution in [0.15, 0.2) is 0 Å². The van der Waals surface area contributed by atoms with Gasteiger partial charge in [-0.15, -0.1) is 0 Å². The van der Waals surface area contributed by atoms with Gasteiger partial charge in [-0.3, -0.25) is 10.5 Å². The van der Waals surface area contributed by atoms with E-state index in [-0.39, 0.29) is 6.42 Å². The van der Waals surface area contributed by atoms with E-state index in [0.29, 0.717) is 0 Å². The van der Waals surface area contributed by atoms with E-state index >= 15 is 0 Å². The molecule has 0 aromatic heterocycles. The van der Waals surface area contributed by atoms with Gasteiger partial charge in [0.2, 0.25) is 5.72 Å². The van der Waals surface area contributed by atoms with Gasteiger partial charge in [-0.25, -0.2) is 0 Å². The molecule has 7 nitrogen and oxygen atoms in total. The van der Waals surface area contributed by atoms with Gasteiger partial charge in [0, 0.05) is 6.42 Å². The lowest BCUT2D eigenvalue weighted by molar-refractivity contribution is -0.173. The maximum absolute atomic E-state index is 11.1. The summed E-state index contributed by atoms with van der Waals surface area (Å²) in [5.74, 6) is -0.876. The number of rotatable bonds is 6. The van der Waals surface area contributed by atoms with Gasteiger partial charge in [-0.05, 0) is 0 Å². The quantitative estimate of drug-likeness (QED) is 0.258. The largest absolute Gasteiger partial charge is 0.394 e. The van der Waals surface area contributed by atoms with Gasteiger partial charge >= 0.3 is 0 Å². The first kappa shape index (κ1) is 14.4. The van der Waals surface area contributed by atoms with Crippen LogP contribution in [-0.2, 0) is 4.79 Å². The van der Waals surface area contributed by atoms with E-state index in [1.807, 2.05) is 0 Å². The van der Waals surface area contributed by atoms with Crippen molar-refractivity contribution in [1.29, 1.82) is 0 Å². The van der Waals surface area contributed by atoms with Crippen molar-refractivity contribution in [3.05, 3.63) is 0 Å². The van der Waals surface area contributed by atoms with E-state index in [4.69, 9.17) is 15.9 Å². The van der Waals surface area contributed by atoms with Gasteiger partial charge in [-0.1, -0.05) is 6.92 Å². The molecule has 90 valence electrons. The molecule has 7 N–H and O–H groups in total. The highest BCUT2D eigenvalue weighted by atomic mass is 16.4. The van der Waals surface area contributed by atoms with Crippen LogP contribution in [0.5, 0.6) is 0 Å². The van der Waals surface area contributed by atoms with Crippen molar-refractivity contribution in [3.8, 4) is 0 Å². The number of aliphatic hydroxyl groups excluding tert-OH is 4. The molecule has 0 amide bonds. The molecule has 0 aromatic rings. The Morgan fingerprint density at radius 3 is 2.20 bits per heavy atom. The summed E-state index contributed by atoms with van der Waals surface area (Å²) in [6.45, 7) is 0.594. The molecule has 0 aliphatic heterocycles. The second-order valence-corrected chi connectivity index (χ2v) is 3.29. The van der Waals surface area contributed by atoms with Gasteiger partial charge in [0.1, 0.15) is 18.3 Å². The summed E-state index contributed by atoms with van der Waals surface area (Å²) < 4.78 is 0. The third-order valence-electron chi connectivity index (χ3n) is 2.12. The second-order valence-electron chi connectivity index (χ2n) is 3.29. The van der Waals surface area contributed by atoms with Crippen molar-refractivity contribution in [2.24, 2.45) is 5.73 Å². The van der Waals surface area contributed by atoms with Crippen LogP contribution in [0.3, 0.4) is 0 Å². The van der Waals surface area contributed by atoms with E-state index in [2.05, 4.69) is 0 Å². The molecule has 0 aliphatic rings. The van der Waals surface area contributed by atoms with Gasteiger partial charge < -0.3 is 25.5 Å². The molecule has 0 bridgehead atoms. The Bertz CT molecular complexity index is 219. The first-order valence-electron chi connectivity index (χ1n) is 4.48. The first-order valence-corrected chi connectivity index (χ1v) is 4.48. The summed E-state index contributed by atoms with van der Waals surface area (Å²) in [7, 11) is 0. The lowest BCUT2D eigenvalue weighted by atomic mass is 9.94. The molecule has 0 rings (SSSR count). The fraction of sp³-hybridized carbons (Fsp3) is 0.875. The second kappa shape index (κ2) is 5.50. The minimum atomic E-state index is -2.63. The summed E-state index contributed by atoms with van der Waals surface area (Å²) >= 11 is 0. The zero-order valence-electron chi connectivity index (χ0n) is 8.37. The molecule has 0 saturated heterocycles. The van der Waals surface area contributed by atoms with Crippen LogP contribution in [0.1, 0.15) is 13.3 Å². The van der Waals surface area contributed by atoms with Crippen LogP contribution < -0.4 is 5.73 Å². The average molecular weight is 223 g/mol. The Kier molecular flexibility index (Phi) is 5.29. The molecule has 4 atom stereocenters. The number of Topliss-reactive ketones (excluding diaryl/α,β-unsaturated/α-hetero) is 1. The number of nitrogens with two attached hydrogens (primary N) is 1. The Balaban J connectivity index is 4.67. The summed E-state index contributed by atoms with van der Waals surface area (Å²) in [4.78, 5) is 11.1. The Hall–Kier alpha value is -0.570. The van der Waals surface area contributed by atoms with Crippen molar-refractivity contribution < 1.29 is 30.3 Å². The minimum Gasteiger partial charge on any atom is -0.394 e. The molecule has 0 aliphatic carbocycles. The van der Waals surface area contributed by atoms with Crippen LogP contribution in [0.2, 0.25) is 0 Å². The fourth-order valence-corrected chi connectivity index (χ4v) is 1.03. The third-order valence-corrected chi connectivity index (χ3v) is 2.12. The Morgan fingerprint density at radius 1 is 1.40 bits per heavy atom. The van der Waals surface area contributed by atoms with Crippen LogP contribution in [0.25, 0.3) is 0 Å². The summed E-state index contributed by atoms with van der Waals surface area (Å²) in [5, 5.41) is 45.4. The molecule has 0 aromatic carbocycles. The lowest BCUT2D eigenvalue weighted by Gasteiger charge is -2.31. The van der Waals surface area contributed by atoms with Gasteiger partial charge in [0.25, 0.3) is 0 Å². The van der Waals surface area contributed by atoms with E-state index < -0.39 is 36.4 Å². The standard InChI is InChI=1S/C8H17NO6/c1-2-5(12)8(9,15)7(14)6(13)4(11)3-10/h4,6-7,10-11,13-15H,2-3,9H2,1H3/t4?,6?,7?,8-/m0/s1. The highest BCUT2D eigenvalue weighted by molar-refractivity contribution is 5.86. The van der Waals surface area contributed by atoms with Crippen molar-refractivity contribution in [3.63, 3.8) is 0 Å². The molecule has 0 fully saturated rings. The molecule has 3 unspecified atom stereocenters. The molecule has 0 saturated carbocycles. The molecular formula is C8H17NO6. The zero-order chi connectivity index (χ0) is 12.2. The van der Waals surface area contributed by atoms with Crippen LogP contribution >= 0.6 is 0 Å². The molecular weight excluding hydrogens is 206 g/mol. The summed E-state index contributed by atoms with van der Waals surface area (Å²) in [6.07, 6.45) is -5.78. The maximum Gasteiger partial charge on any atom is 0.202 e. The van der Waals surface area contributed by atoms with E-state index in [1.165, 1.54) is 6.92 Å². The number of aliphatic hydroxyl groups is 5. The van der Waals surface area contributed by atoms with Gasteiger partial charge in [-0.2, -0.15) is 0 Å². The number of ketones is 1. The summed E-state index contributed by atoms with van der Waals surface area (Å²) in [5.41, 5.74) is 2.48. The van der Waals surface area contributed by atoms with Gasteiger partial charge in [0.05, 0.1) is 6.61 Å². The molecule has 0 radical (unpaired) electrons. The normalized spacial score (nSPS) is 21.5. The van der Waals surface area contributed by atoms with E-state index in [0.717, 1.165) is 0 Å². The highest BCUT2D eigenvalue weighted by Gasteiger charge is 2.44. The minimum absolute atomic E-state index is 0.133. The van der Waals surface area contributed by atoms with E-state index in [9.17, 15) is 20.1 Å². The maximum atomic E-state index is 11.1.